The Morgan fingerprint density at radius 3 is 2.50 bits per heavy atom. The van der Waals surface area contributed by atoms with Crippen molar-refractivity contribution in [3.63, 3.8) is 0 Å². The Kier molecular flexibility index (Phi) is 4.60. The van der Waals surface area contributed by atoms with E-state index in [1.807, 2.05) is 18.2 Å². The maximum absolute atomic E-state index is 14.2. The van der Waals surface area contributed by atoms with E-state index in [0.717, 1.165) is 27.6 Å². The van der Waals surface area contributed by atoms with E-state index < -0.39 is 21.5 Å². The van der Waals surface area contributed by atoms with Crippen LogP contribution in [0.4, 0.5) is 8.78 Å². The van der Waals surface area contributed by atoms with Crippen molar-refractivity contribution in [3.05, 3.63) is 78.5 Å². The Balaban J connectivity index is 1.76. The smallest absolute Gasteiger partial charge is 0.184 e. The van der Waals surface area contributed by atoms with Gasteiger partial charge in [0.1, 0.15) is 5.69 Å². The monoisotopic (exact) mass is 416 g/mol. The fraction of sp³-hybridized carbons (Fsp3) is 0.0500. The second-order valence-electron chi connectivity index (χ2n) is 6.17. The highest BCUT2D eigenvalue weighted by molar-refractivity contribution is 7.90. The number of thiophene rings is 1. The van der Waals surface area contributed by atoms with Gasteiger partial charge in [0.05, 0.1) is 21.7 Å². The first-order valence-corrected chi connectivity index (χ1v) is 10.9. The molecule has 4 aromatic rings. The van der Waals surface area contributed by atoms with Gasteiger partial charge in [-0.3, -0.25) is 0 Å². The van der Waals surface area contributed by atoms with Crippen LogP contribution in [-0.4, -0.2) is 24.5 Å². The third kappa shape index (κ3) is 3.36. The molecule has 0 saturated carbocycles. The molecule has 0 radical (unpaired) electrons. The van der Waals surface area contributed by atoms with Crippen LogP contribution in [-0.2, 0) is 9.84 Å². The fourth-order valence-corrected chi connectivity index (χ4v) is 4.53. The lowest BCUT2D eigenvalue weighted by Gasteiger charge is -2.07. The predicted molar refractivity (Wildman–Crippen MR) is 105 cm³/mol. The Morgan fingerprint density at radius 2 is 1.71 bits per heavy atom. The minimum absolute atomic E-state index is 0.0222. The summed E-state index contributed by atoms with van der Waals surface area (Å²) >= 11 is 1.41. The second-order valence-corrected chi connectivity index (χ2v) is 9.26. The molecule has 2 aromatic heterocycles. The van der Waals surface area contributed by atoms with E-state index in [4.69, 9.17) is 0 Å². The van der Waals surface area contributed by atoms with E-state index in [9.17, 15) is 17.2 Å². The first-order valence-electron chi connectivity index (χ1n) is 8.24. The molecule has 0 unspecified atom stereocenters. The summed E-state index contributed by atoms with van der Waals surface area (Å²) in [7, 11) is -3.31. The molecule has 142 valence electrons. The van der Waals surface area contributed by atoms with Crippen LogP contribution < -0.4 is 0 Å². The number of rotatable bonds is 4. The van der Waals surface area contributed by atoms with Gasteiger partial charge in [0.25, 0.3) is 0 Å². The molecule has 0 aliphatic rings. The lowest BCUT2D eigenvalue weighted by atomic mass is 10.2. The van der Waals surface area contributed by atoms with Gasteiger partial charge < -0.3 is 0 Å². The zero-order valence-electron chi connectivity index (χ0n) is 14.6. The molecule has 0 saturated heterocycles. The molecule has 0 amide bonds. The SMILES string of the molecule is CS(=O)(=O)c1cccc(-c2ccc(-c3ccnn3-c3cccc(F)c3F)s2)c1. The Morgan fingerprint density at radius 1 is 0.964 bits per heavy atom. The van der Waals surface area contributed by atoms with E-state index in [-0.39, 0.29) is 10.6 Å². The van der Waals surface area contributed by atoms with Crippen LogP contribution in [0.1, 0.15) is 0 Å². The lowest BCUT2D eigenvalue weighted by Crippen LogP contribution is -2.02. The Hall–Kier alpha value is -2.84. The Bertz CT molecular complexity index is 1280. The summed E-state index contributed by atoms with van der Waals surface area (Å²) in [5.41, 5.74) is 1.40. The first kappa shape index (κ1) is 18.5. The summed E-state index contributed by atoms with van der Waals surface area (Å²) in [5, 5.41) is 4.13. The van der Waals surface area contributed by atoms with Crippen LogP contribution >= 0.6 is 11.3 Å². The van der Waals surface area contributed by atoms with Crippen LogP contribution in [0.2, 0.25) is 0 Å². The highest BCUT2D eigenvalue weighted by Crippen LogP contribution is 2.36. The summed E-state index contributed by atoms with van der Waals surface area (Å²) in [5.74, 6) is -1.91. The molecule has 0 atom stereocenters. The molecule has 0 bridgehead atoms. The van der Waals surface area contributed by atoms with Crippen molar-refractivity contribution in [2.45, 2.75) is 4.90 Å². The van der Waals surface area contributed by atoms with Crippen LogP contribution in [0.5, 0.6) is 0 Å². The van der Waals surface area contributed by atoms with Crippen molar-refractivity contribution in [2.75, 3.05) is 6.26 Å². The maximum Gasteiger partial charge on any atom is 0.184 e. The summed E-state index contributed by atoms with van der Waals surface area (Å²) in [6.07, 6.45) is 2.68. The number of aromatic nitrogens is 2. The molecule has 4 rings (SSSR count). The minimum atomic E-state index is -3.31. The normalized spacial score (nSPS) is 11.7. The van der Waals surface area contributed by atoms with Crippen molar-refractivity contribution >= 4 is 21.2 Å². The number of halogens is 2. The number of nitrogens with zero attached hydrogens (tertiary/aromatic N) is 2. The maximum atomic E-state index is 14.2. The van der Waals surface area contributed by atoms with E-state index in [1.165, 1.54) is 34.3 Å². The van der Waals surface area contributed by atoms with Crippen molar-refractivity contribution in [1.29, 1.82) is 0 Å². The first-order chi connectivity index (χ1) is 13.3. The van der Waals surface area contributed by atoms with Gasteiger partial charge in [0.15, 0.2) is 21.5 Å². The predicted octanol–water partition coefficient (Wildman–Crippen LogP) is 4.95. The zero-order valence-corrected chi connectivity index (χ0v) is 16.3. The molecule has 0 aliphatic carbocycles. The molecule has 0 spiro atoms. The molecule has 4 nitrogen and oxygen atoms in total. The minimum Gasteiger partial charge on any atom is -0.229 e. The van der Waals surface area contributed by atoms with Gasteiger partial charge >= 0.3 is 0 Å². The van der Waals surface area contributed by atoms with Gasteiger partial charge in [-0.15, -0.1) is 11.3 Å². The summed E-state index contributed by atoms with van der Waals surface area (Å²) in [6, 6.07) is 16.1. The van der Waals surface area contributed by atoms with Gasteiger partial charge in [-0.1, -0.05) is 18.2 Å². The van der Waals surface area contributed by atoms with Gasteiger partial charge in [0.2, 0.25) is 0 Å². The van der Waals surface area contributed by atoms with E-state index in [2.05, 4.69) is 5.10 Å². The van der Waals surface area contributed by atoms with E-state index >= 15 is 0 Å². The molecule has 0 fully saturated rings. The number of sulfone groups is 1. The summed E-state index contributed by atoms with van der Waals surface area (Å²) in [6.45, 7) is 0. The van der Waals surface area contributed by atoms with Crippen molar-refractivity contribution in [3.8, 4) is 26.7 Å². The van der Waals surface area contributed by atoms with E-state index in [0.29, 0.717) is 5.69 Å². The molecule has 0 N–H and O–H groups in total. The van der Waals surface area contributed by atoms with Gasteiger partial charge in [-0.05, 0) is 48.0 Å². The molecular formula is C20H14F2N2O2S2. The molecule has 2 aromatic carbocycles. The van der Waals surface area contributed by atoms with Crippen molar-refractivity contribution in [2.24, 2.45) is 0 Å². The van der Waals surface area contributed by atoms with Gasteiger partial charge in [-0.25, -0.2) is 21.9 Å². The summed E-state index contributed by atoms with van der Waals surface area (Å²) < 4.78 is 52.7. The van der Waals surface area contributed by atoms with Crippen LogP contribution in [0.25, 0.3) is 26.7 Å². The fourth-order valence-electron chi connectivity index (χ4n) is 2.85. The van der Waals surface area contributed by atoms with Crippen molar-refractivity contribution in [1.82, 2.24) is 9.78 Å². The third-order valence-corrected chi connectivity index (χ3v) is 6.47. The molecule has 28 heavy (non-hydrogen) atoms. The quantitative estimate of drug-likeness (QED) is 0.473. The number of hydrogen-bond donors (Lipinski definition) is 0. The molecule has 2 heterocycles. The van der Waals surface area contributed by atoms with Crippen LogP contribution in [0.3, 0.4) is 0 Å². The summed E-state index contributed by atoms with van der Waals surface area (Å²) in [4.78, 5) is 1.89. The Labute approximate surface area is 164 Å². The third-order valence-electron chi connectivity index (χ3n) is 4.21. The average Bonchev–Trinajstić information content (AvgIpc) is 3.32. The largest absolute Gasteiger partial charge is 0.229 e. The van der Waals surface area contributed by atoms with E-state index in [1.54, 1.807) is 24.3 Å². The standard InChI is InChI=1S/C20H14F2N2O2S2/c1-28(25,26)14-5-2-4-13(12-14)18-8-9-19(27-18)16-10-11-23-24(16)17-7-3-6-15(21)20(17)22/h2-12H,1H3. The molecular weight excluding hydrogens is 402 g/mol. The van der Waals surface area contributed by atoms with Gasteiger partial charge in [0, 0.05) is 11.1 Å². The lowest BCUT2D eigenvalue weighted by molar-refractivity contribution is 0.502. The number of benzene rings is 2. The topological polar surface area (TPSA) is 52.0 Å². The highest BCUT2D eigenvalue weighted by Gasteiger charge is 2.16. The van der Waals surface area contributed by atoms with Crippen LogP contribution in [0.15, 0.2) is 71.8 Å². The highest BCUT2D eigenvalue weighted by atomic mass is 32.2. The average molecular weight is 416 g/mol. The molecule has 0 aliphatic heterocycles. The van der Waals surface area contributed by atoms with Crippen molar-refractivity contribution < 1.29 is 17.2 Å². The van der Waals surface area contributed by atoms with Crippen LogP contribution in [0, 0.1) is 11.6 Å². The zero-order chi connectivity index (χ0) is 19.9. The second kappa shape index (κ2) is 6.96. The molecule has 8 heteroatoms. The number of hydrogen-bond acceptors (Lipinski definition) is 4. The van der Waals surface area contributed by atoms with Gasteiger partial charge in [-0.2, -0.15) is 5.10 Å².